The summed E-state index contributed by atoms with van der Waals surface area (Å²) in [4.78, 5) is 11.5. The fourth-order valence-electron chi connectivity index (χ4n) is 1.39. The minimum absolute atomic E-state index is 0. The summed E-state index contributed by atoms with van der Waals surface area (Å²) in [5, 5.41) is 0. The maximum absolute atomic E-state index is 12.1. The second kappa shape index (κ2) is 6.96. The van der Waals surface area contributed by atoms with Gasteiger partial charge in [-0.15, -0.1) is 0 Å². The molecule has 0 N–H and O–H groups in total. The molecule has 0 bridgehead atoms. The standard InChI is InChI=1S/C10H11BF3O.K/c1-8(7-11(12,13)14)10(15)9-5-3-2-4-6-9;/h2-6,8H,7H2,1H3;/q-1;+1. The van der Waals surface area contributed by atoms with Gasteiger partial charge < -0.3 is 12.9 Å². The van der Waals surface area contributed by atoms with Gasteiger partial charge in [-0.25, -0.2) is 0 Å². The number of rotatable bonds is 4. The normalized spacial score (nSPS) is 12.8. The minimum Gasteiger partial charge on any atom is -0.449 e. The summed E-state index contributed by atoms with van der Waals surface area (Å²) < 4.78 is 36.3. The van der Waals surface area contributed by atoms with Crippen molar-refractivity contribution in [2.45, 2.75) is 13.2 Å². The quantitative estimate of drug-likeness (QED) is 0.560. The van der Waals surface area contributed by atoms with E-state index in [0.717, 1.165) is 0 Å². The molecule has 0 amide bonds. The molecule has 0 aliphatic rings. The van der Waals surface area contributed by atoms with Crippen LogP contribution in [0.5, 0.6) is 0 Å². The molecule has 82 valence electrons. The van der Waals surface area contributed by atoms with E-state index in [9.17, 15) is 17.7 Å². The van der Waals surface area contributed by atoms with E-state index in [-0.39, 0.29) is 51.4 Å². The summed E-state index contributed by atoms with van der Waals surface area (Å²) in [7, 11) is 0. The van der Waals surface area contributed by atoms with Gasteiger partial charge in [0, 0.05) is 5.56 Å². The van der Waals surface area contributed by atoms with Crippen LogP contribution in [0.25, 0.3) is 0 Å². The summed E-state index contributed by atoms with van der Waals surface area (Å²) in [6.07, 6.45) is -1.01. The Labute approximate surface area is 135 Å². The van der Waals surface area contributed by atoms with Gasteiger partial charge in [-0.1, -0.05) is 43.6 Å². The van der Waals surface area contributed by atoms with Crippen LogP contribution in [-0.2, 0) is 0 Å². The van der Waals surface area contributed by atoms with E-state index >= 15 is 0 Å². The number of carbonyl (C=O) groups excluding carboxylic acids is 1. The summed E-state index contributed by atoms with van der Waals surface area (Å²) in [5.74, 6) is -1.44. The summed E-state index contributed by atoms with van der Waals surface area (Å²) >= 11 is 0. The van der Waals surface area contributed by atoms with Gasteiger partial charge in [0.1, 0.15) is 0 Å². The molecule has 6 heteroatoms. The maximum Gasteiger partial charge on any atom is 1.00 e. The Kier molecular flexibility index (Phi) is 7.12. The number of ketones is 1. The Morgan fingerprint density at radius 1 is 1.25 bits per heavy atom. The zero-order chi connectivity index (χ0) is 11.5. The van der Waals surface area contributed by atoms with Gasteiger partial charge >= 0.3 is 58.4 Å². The first-order chi connectivity index (χ1) is 6.90. The molecule has 0 fully saturated rings. The number of hydrogen-bond donors (Lipinski definition) is 0. The first-order valence-electron chi connectivity index (χ1n) is 4.70. The molecular formula is C10H11BF3KO. The van der Waals surface area contributed by atoms with Gasteiger partial charge in [0.15, 0.2) is 5.78 Å². The van der Waals surface area contributed by atoms with Gasteiger partial charge in [-0.3, -0.25) is 4.79 Å². The Morgan fingerprint density at radius 2 is 1.75 bits per heavy atom. The van der Waals surface area contributed by atoms with Crippen molar-refractivity contribution in [1.82, 2.24) is 0 Å². The number of Topliss-reactive ketones (excluding diaryl/α,β-unsaturated/α-hetero) is 1. The van der Waals surface area contributed by atoms with Crippen molar-refractivity contribution in [2.24, 2.45) is 5.92 Å². The zero-order valence-electron chi connectivity index (χ0n) is 9.29. The molecular weight excluding hydrogens is 243 g/mol. The minimum atomic E-state index is -4.89. The van der Waals surface area contributed by atoms with E-state index < -0.39 is 25.0 Å². The molecule has 0 saturated heterocycles. The van der Waals surface area contributed by atoms with Gasteiger partial charge in [-0.05, 0) is 5.92 Å². The van der Waals surface area contributed by atoms with Crippen molar-refractivity contribution in [2.75, 3.05) is 0 Å². The smallest absolute Gasteiger partial charge is 0.449 e. The number of benzene rings is 1. The van der Waals surface area contributed by atoms with Crippen LogP contribution in [0.15, 0.2) is 30.3 Å². The summed E-state index contributed by atoms with van der Waals surface area (Å²) in [5.41, 5.74) is 0.338. The van der Waals surface area contributed by atoms with Crippen LogP contribution in [0.1, 0.15) is 17.3 Å². The molecule has 16 heavy (non-hydrogen) atoms. The van der Waals surface area contributed by atoms with E-state index in [4.69, 9.17) is 0 Å². The predicted molar refractivity (Wildman–Crippen MR) is 53.8 cm³/mol. The van der Waals surface area contributed by atoms with Gasteiger partial charge in [-0.2, -0.15) is 0 Å². The average molecular weight is 254 g/mol. The van der Waals surface area contributed by atoms with Gasteiger partial charge in [0.05, 0.1) is 0 Å². The third-order valence-corrected chi connectivity index (χ3v) is 2.13. The van der Waals surface area contributed by atoms with E-state index in [1.165, 1.54) is 19.1 Å². The fraction of sp³-hybridized carbons (Fsp3) is 0.300. The van der Waals surface area contributed by atoms with Crippen molar-refractivity contribution < 1.29 is 69.1 Å². The Balaban J connectivity index is 0.00000225. The van der Waals surface area contributed by atoms with Crippen LogP contribution in [0, 0.1) is 5.92 Å². The Hall–Kier alpha value is 0.381. The second-order valence-corrected chi connectivity index (χ2v) is 3.58. The maximum atomic E-state index is 12.1. The van der Waals surface area contributed by atoms with Crippen LogP contribution in [-0.4, -0.2) is 12.8 Å². The van der Waals surface area contributed by atoms with Crippen LogP contribution in [0.4, 0.5) is 12.9 Å². The van der Waals surface area contributed by atoms with Gasteiger partial charge in [0.2, 0.25) is 0 Å². The number of hydrogen-bond acceptors (Lipinski definition) is 1. The zero-order valence-corrected chi connectivity index (χ0v) is 12.4. The Morgan fingerprint density at radius 3 is 2.19 bits per heavy atom. The molecule has 0 saturated carbocycles. The molecule has 0 spiro atoms. The van der Waals surface area contributed by atoms with E-state index in [1.54, 1.807) is 18.2 Å². The molecule has 0 aliphatic carbocycles. The molecule has 0 heterocycles. The number of carbonyl (C=O) groups is 1. The van der Waals surface area contributed by atoms with Crippen LogP contribution in [0.3, 0.4) is 0 Å². The molecule has 1 nitrogen and oxygen atoms in total. The molecule has 1 aromatic carbocycles. The van der Waals surface area contributed by atoms with Crippen LogP contribution in [0.2, 0.25) is 6.32 Å². The van der Waals surface area contributed by atoms with Crippen molar-refractivity contribution in [3.63, 3.8) is 0 Å². The topological polar surface area (TPSA) is 17.1 Å². The molecule has 1 rings (SSSR count). The first kappa shape index (κ1) is 16.4. The molecule has 0 radical (unpaired) electrons. The van der Waals surface area contributed by atoms with Crippen molar-refractivity contribution >= 4 is 12.8 Å². The third kappa shape index (κ3) is 5.63. The SMILES string of the molecule is CC(C[B-](F)(F)F)C(=O)c1ccccc1.[K+]. The Bertz CT molecular complexity index is 340. The molecule has 1 atom stereocenters. The average Bonchev–Trinajstić information content (AvgIpc) is 2.15. The molecule has 0 aliphatic heterocycles. The summed E-state index contributed by atoms with van der Waals surface area (Å²) in [6, 6.07) is 8.05. The fourth-order valence-corrected chi connectivity index (χ4v) is 1.39. The van der Waals surface area contributed by atoms with Gasteiger partial charge in [0.25, 0.3) is 0 Å². The van der Waals surface area contributed by atoms with Crippen LogP contribution >= 0.6 is 0 Å². The number of halogens is 3. The van der Waals surface area contributed by atoms with Crippen molar-refractivity contribution in [3.8, 4) is 0 Å². The van der Waals surface area contributed by atoms with E-state index in [1.807, 2.05) is 0 Å². The predicted octanol–water partition coefficient (Wildman–Crippen LogP) is 0.357. The summed E-state index contributed by atoms with van der Waals surface area (Å²) in [6.45, 7) is -3.58. The molecule has 0 aromatic heterocycles. The third-order valence-electron chi connectivity index (χ3n) is 2.13. The first-order valence-corrected chi connectivity index (χ1v) is 4.70. The van der Waals surface area contributed by atoms with E-state index in [2.05, 4.69) is 0 Å². The monoisotopic (exact) mass is 254 g/mol. The molecule has 1 aromatic rings. The van der Waals surface area contributed by atoms with Crippen LogP contribution < -0.4 is 51.4 Å². The van der Waals surface area contributed by atoms with Crippen molar-refractivity contribution in [3.05, 3.63) is 35.9 Å². The largest absolute Gasteiger partial charge is 1.00 e. The molecule has 1 unspecified atom stereocenters. The van der Waals surface area contributed by atoms with Crippen molar-refractivity contribution in [1.29, 1.82) is 0 Å². The second-order valence-electron chi connectivity index (χ2n) is 3.58. The van der Waals surface area contributed by atoms with E-state index in [0.29, 0.717) is 5.56 Å².